The summed E-state index contributed by atoms with van der Waals surface area (Å²) >= 11 is 3.33. The molecule has 35 heavy (non-hydrogen) atoms. The number of hydrogen-bond donors (Lipinski definition) is 3. The second kappa shape index (κ2) is 9.54. The maximum atomic E-state index is 12.7. The minimum Gasteiger partial charge on any atom is -0.480 e. The summed E-state index contributed by atoms with van der Waals surface area (Å²) in [5.74, 6) is -1.68. The van der Waals surface area contributed by atoms with Gasteiger partial charge >= 0.3 is 12.1 Å². The van der Waals surface area contributed by atoms with Crippen LogP contribution >= 0.6 is 15.9 Å². The highest BCUT2D eigenvalue weighted by molar-refractivity contribution is 9.10. The average molecular weight is 535 g/mol. The molecule has 7 nitrogen and oxygen atoms in total. The molecular weight excluding hydrogens is 512 g/mol. The molecule has 1 fully saturated rings. The molecule has 0 bridgehead atoms. The van der Waals surface area contributed by atoms with E-state index in [4.69, 9.17) is 4.74 Å². The lowest BCUT2D eigenvalue weighted by Gasteiger charge is -2.16. The molecule has 0 aromatic heterocycles. The third-order valence-corrected chi connectivity index (χ3v) is 7.14. The van der Waals surface area contributed by atoms with E-state index in [0.717, 1.165) is 35.1 Å². The Morgan fingerprint density at radius 3 is 2.20 bits per heavy atom. The Bertz CT molecular complexity index is 1270. The van der Waals surface area contributed by atoms with E-state index in [2.05, 4.69) is 38.7 Å². The fraction of sp³-hybridized carbons (Fsp3) is 0.222. The van der Waals surface area contributed by atoms with Crippen molar-refractivity contribution < 1.29 is 24.2 Å². The van der Waals surface area contributed by atoms with Crippen molar-refractivity contribution in [3.63, 3.8) is 0 Å². The summed E-state index contributed by atoms with van der Waals surface area (Å²) in [5.41, 5.74) is 5.13. The van der Waals surface area contributed by atoms with Gasteiger partial charge in [0.1, 0.15) is 12.6 Å². The van der Waals surface area contributed by atoms with Crippen molar-refractivity contribution >= 4 is 39.6 Å². The number of aliphatic carboxylic acids is 1. The van der Waals surface area contributed by atoms with Crippen LogP contribution in [0.3, 0.4) is 0 Å². The van der Waals surface area contributed by atoms with Crippen LogP contribution in [0.15, 0.2) is 71.2 Å². The van der Waals surface area contributed by atoms with E-state index < -0.39 is 24.0 Å². The molecule has 0 spiro atoms. The standard InChI is InChI=1S/C27H23BrN2O5/c28-23-12-11-16(13-21(23)25(31)30-24(26(32)33)15-9-10-15)29-27(34)35-14-22-19-7-3-1-5-17(19)18-6-2-4-8-20(18)22/h1-8,11-13,15,22,24H,9-10,14H2,(H,29,34)(H,30,31)(H,32,33). The first-order chi connectivity index (χ1) is 16.9. The maximum Gasteiger partial charge on any atom is 0.411 e. The SMILES string of the molecule is O=C(Nc1ccc(Br)c(C(=O)NC(C(=O)O)C2CC2)c1)OCC1c2ccccc2-c2ccccc21. The van der Waals surface area contributed by atoms with Crippen molar-refractivity contribution in [1.29, 1.82) is 0 Å². The van der Waals surface area contributed by atoms with Gasteiger partial charge in [-0.15, -0.1) is 0 Å². The van der Waals surface area contributed by atoms with E-state index in [1.165, 1.54) is 6.07 Å². The highest BCUT2D eigenvalue weighted by atomic mass is 79.9. The zero-order valence-corrected chi connectivity index (χ0v) is 20.2. The summed E-state index contributed by atoms with van der Waals surface area (Å²) in [6.07, 6.45) is 0.922. The molecule has 2 aliphatic carbocycles. The normalized spacial score (nSPS) is 15.0. The lowest BCUT2D eigenvalue weighted by molar-refractivity contribution is -0.139. The number of hydrogen-bond acceptors (Lipinski definition) is 4. The van der Waals surface area contributed by atoms with Gasteiger partial charge in [-0.25, -0.2) is 9.59 Å². The highest BCUT2D eigenvalue weighted by Gasteiger charge is 2.37. The number of halogens is 1. The van der Waals surface area contributed by atoms with E-state index in [-0.39, 0.29) is 24.0 Å². The van der Waals surface area contributed by atoms with Crippen molar-refractivity contribution in [1.82, 2.24) is 5.32 Å². The van der Waals surface area contributed by atoms with Crippen LogP contribution in [0.1, 0.15) is 40.2 Å². The lowest BCUT2D eigenvalue weighted by atomic mass is 9.98. The highest BCUT2D eigenvalue weighted by Crippen LogP contribution is 2.44. The van der Waals surface area contributed by atoms with E-state index in [0.29, 0.717) is 10.2 Å². The van der Waals surface area contributed by atoms with Gasteiger partial charge in [-0.1, -0.05) is 48.5 Å². The number of amides is 2. The summed E-state index contributed by atoms with van der Waals surface area (Å²) in [5, 5.41) is 14.6. The Morgan fingerprint density at radius 2 is 1.60 bits per heavy atom. The third-order valence-electron chi connectivity index (χ3n) is 6.45. The van der Waals surface area contributed by atoms with Crippen LogP contribution < -0.4 is 10.6 Å². The van der Waals surface area contributed by atoms with Crippen molar-refractivity contribution in [2.75, 3.05) is 11.9 Å². The minimum atomic E-state index is -1.05. The van der Waals surface area contributed by atoms with E-state index in [1.54, 1.807) is 12.1 Å². The topological polar surface area (TPSA) is 105 Å². The van der Waals surface area contributed by atoms with Gasteiger partial charge < -0.3 is 15.2 Å². The smallest absolute Gasteiger partial charge is 0.411 e. The molecule has 5 rings (SSSR count). The fourth-order valence-electron chi connectivity index (χ4n) is 4.56. The van der Waals surface area contributed by atoms with Gasteiger partial charge in [0.25, 0.3) is 5.91 Å². The number of carbonyl (C=O) groups excluding carboxylic acids is 2. The summed E-state index contributed by atoms with van der Waals surface area (Å²) < 4.78 is 6.06. The molecule has 0 aliphatic heterocycles. The molecule has 178 valence electrons. The Hall–Kier alpha value is -3.65. The summed E-state index contributed by atoms with van der Waals surface area (Å²) in [6.45, 7) is 0.172. The molecule has 3 N–H and O–H groups in total. The molecule has 2 amide bonds. The summed E-state index contributed by atoms with van der Waals surface area (Å²) in [6, 6.07) is 20.0. The van der Waals surface area contributed by atoms with Crippen LogP contribution in [0.5, 0.6) is 0 Å². The third kappa shape index (κ3) is 4.79. The quantitative estimate of drug-likeness (QED) is 0.376. The molecule has 3 aromatic rings. The molecule has 0 radical (unpaired) electrons. The van der Waals surface area contributed by atoms with Crippen LogP contribution in [-0.4, -0.2) is 35.7 Å². The Kier molecular flexibility index (Phi) is 6.30. The number of nitrogens with one attached hydrogen (secondary N) is 2. The first kappa shape index (κ1) is 23.1. The molecule has 3 aromatic carbocycles. The first-order valence-corrected chi connectivity index (χ1v) is 12.2. The minimum absolute atomic E-state index is 0.0441. The van der Waals surface area contributed by atoms with Crippen LogP contribution in [0.4, 0.5) is 10.5 Å². The van der Waals surface area contributed by atoms with Crippen LogP contribution in [-0.2, 0) is 9.53 Å². The Labute approximate surface area is 210 Å². The van der Waals surface area contributed by atoms with Gasteiger partial charge in [-0.05, 0) is 75.1 Å². The largest absolute Gasteiger partial charge is 0.480 e. The first-order valence-electron chi connectivity index (χ1n) is 11.4. The Balaban J connectivity index is 1.25. The number of rotatable bonds is 7. The zero-order valence-electron chi connectivity index (χ0n) is 18.7. The number of carboxylic acids is 1. The number of fused-ring (bicyclic) bond motifs is 3. The number of carbonyl (C=O) groups is 3. The lowest BCUT2D eigenvalue weighted by Crippen LogP contribution is -2.42. The van der Waals surface area contributed by atoms with Crippen molar-refractivity contribution in [3.05, 3.63) is 87.9 Å². The molecular formula is C27H23BrN2O5. The van der Waals surface area contributed by atoms with Crippen molar-refractivity contribution in [3.8, 4) is 11.1 Å². The number of benzene rings is 3. The van der Waals surface area contributed by atoms with Gasteiger partial charge in [0.2, 0.25) is 0 Å². The number of carboxylic acid groups (broad SMARTS) is 1. The molecule has 1 unspecified atom stereocenters. The van der Waals surface area contributed by atoms with Gasteiger partial charge in [-0.2, -0.15) is 0 Å². The fourth-order valence-corrected chi connectivity index (χ4v) is 4.99. The molecule has 0 heterocycles. The van der Waals surface area contributed by atoms with E-state index in [9.17, 15) is 19.5 Å². The molecule has 1 saturated carbocycles. The molecule has 1 atom stereocenters. The van der Waals surface area contributed by atoms with Gasteiger partial charge in [0, 0.05) is 16.1 Å². The van der Waals surface area contributed by atoms with Crippen LogP contribution in [0.2, 0.25) is 0 Å². The summed E-state index contributed by atoms with van der Waals surface area (Å²) in [7, 11) is 0. The zero-order chi connectivity index (χ0) is 24.5. The van der Waals surface area contributed by atoms with Crippen molar-refractivity contribution in [2.24, 2.45) is 5.92 Å². The number of anilines is 1. The predicted molar refractivity (Wildman–Crippen MR) is 134 cm³/mol. The molecule has 8 heteroatoms. The summed E-state index contributed by atoms with van der Waals surface area (Å²) in [4.78, 5) is 36.8. The molecule has 0 saturated heterocycles. The second-order valence-electron chi connectivity index (χ2n) is 8.77. The maximum absolute atomic E-state index is 12.7. The van der Waals surface area contributed by atoms with Gasteiger partial charge in [0.15, 0.2) is 0 Å². The van der Waals surface area contributed by atoms with Crippen LogP contribution in [0.25, 0.3) is 11.1 Å². The van der Waals surface area contributed by atoms with Gasteiger partial charge in [0.05, 0.1) is 5.56 Å². The average Bonchev–Trinajstić information content (AvgIpc) is 3.64. The predicted octanol–water partition coefficient (Wildman–Crippen LogP) is 5.40. The van der Waals surface area contributed by atoms with Gasteiger partial charge in [-0.3, -0.25) is 10.1 Å². The van der Waals surface area contributed by atoms with E-state index >= 15 is 0 Å². The monoisotopic (exact) mass is 534 g/mol. The van der Waals surface area contributed by atoms with E-state index in [1.807, 2.05) is 36.4 Å². The number of ether oxygens (including phenoxy) is 1. The Morgan fingerprint density at radius 1 is 0.971 bits per heavy atom. The van der Waals surface area contributed by atoms with Crippen molar-refractivity contribution in [2.45, 2.75) is 24.8 Å². The second-order valence-corrected chi connectivity index (χ2v) is 9.63. The van der Waals surface area contributed by atoms with Crippen LogP contribution in [0, 0.1) is 5.92 Å². The molecule has 2 aliphatic rings.